The van der Waals surface area contributed by atoms with Crippen molar-refractivity contribution in [3.8, 4) is 0 Å². The molecule has 0 rings (SSSR count). The van der Waals surface area contributed by atoms with Gasteiger partial charge in [0.1, 0.15) is 6.07 Å². The molecular formula is C7H15ClO. The van der Waals surface area contributed by atoms with Crippen LogP contribution in [0.5, 0.6) is 0 Å². The molecule has 0 aliphatic carbocycles. The Labute approximate surface area is 62.3 Å². The fourth-order valence-electron chi connectivity index (χ4n) is 0.736. The van der Waals surface area contributed by atoms with Crippen molar-refractivity contribution in [2.24, 2.45) is 5.92 Å². The molecule has 0 fully saturated rings. The lowest BCUT2D eigenvalue weighted by molar-refractivity contribution is 0.133. The number of hydrogen-bond donors (Lipinski definition) is 0. The van der Waals surface area contributed by atoms with Crippen LogP contribution in [0.25, 0.3) is 0 Å². The highest BCUT2D eigenvalue weighted by atomic mass is 35.5. The van der Waals surface area contributed by atoms with Gasteiger partial charge in [0.25, 0.3) is 0 Å². The normalized spacial score (nSPS) is 10.7. The predicted octanol–water partition coefficient (Wildman–Crippen LogP) is 2.64. The molecule has 0 spiro atoms. The molecule has 0 aliphatic rings. The molecule has 0 aromatic rings. The van der Waals surface area contributed by atoms with Gasteiger partial charge in [0.05, 0.1) is 6.61 Å². The van der Waals surface area contributed by atoms with Gasteiger partial charge in [-0.3, -0.25) is 0 Å². The highest BCUT2D eigenvalue weighted by Crippen LogP contribution is 2.07. The number of alkyl halides is 1. The number of ether oxygens (including phenoxy) is 1. The van der Waals surface area contributed by atoms with Gasteiger partial charge in [-0.15, -0.1) is 0 Å². The second-order valence-corrected chi connectivity index (χ2v) is 2.38. The van der Waals surface area contributed by atoms with Crippen LogP contribution in [0.2, 0.25) is 0 Å². The van der Waals surface area contributed by atoms with Gasteiger partial charge in [0, 0.05) is 0 Å². The molecule has 0 atom stereocenters. The van der Waals surface area contributed by atoms with Gasteiger partial charge in [0.2, 0.25) is 0 Å². The van der Waals surface area contributed by atoms with Crippen LogP contribution in [0.1, 0.15) is 26.7 Å². The molecule has 0 aliphatic heterocycles. The van der Waals surface area contributed by atoms with Crippen molar-refractivity contribution in [2.75, 3.05) is 12.7 Å². The number of rotatable bonds is 5. The van der Waals surface area contributed by atoms with E-state index in [9.17, 15) is 0 Å². The van der Waals surface area contributed by atoms with Gasteiger partial charge in [-0.1, -0.05) is 38.3 Å². The van der Waals surface area contributed by atoms with Crippen LogP contribution in [0.4, 0.5) is 0 Å². The largest absolute Gasteiger partial charge is 0.365 e. The predicted molar refractivity (Wildman–Crippen MR) is 40.7 cm³/mol. The molecule has 0 N–H and O–H groups in total. The standard InChI is InChI=1S/C7H15ClO/c1-3-7(4-2)5-9-6-8/h7H,3-6H2,1-2H3. The lowest BCUT2D eigenvalue weighted by Crippen LogP contribution is -2.06. The van der Waals surface area contributed by atoms with E-state index >= 15 is 0 Å². The van der Waals surface area contributed by atoms with E-state index in [1.807, 2.05) is 0 Å². The van der Waals surface area contributed by atoms with Crippen LogP contribution in [-0.4, -0.2) is 12.7 Å². The molecule has 0 saturated heterocycles. The minimum atomic E-state index is 0.330. The van der Waals surface area contributed by atoms with E-state index in [0.29, 0.717) is 12.0 Å². The summed E-state index contributed by atoms with van der Waals surface area (Å²) in [5.41, 5.74) is 0. The zero-order valence-electron chi connectivity index (χ0n) is 6.19. The Balaban J connectivity index is 3.09. The highest BCUT2D eigenvalue weighted by molar-refractivity contribution is 6.17. The lowest BCUT2D eigenvalue weighted by Gasteiger charge is -2.09. The Morgan fingerprint density at radius 3 is 2.22 bits per heavy atom. The molecule has 0 amide bonds. The Hall–Kier alpha value is 0.250. The zero-order chi connectivity index (χ0) is 7.11. The minimum absolute atomic E-state index is 0.330. The smallest absolute Gasteiger partial charge is 0.120 e. The van der Waals surface area contributed by atoms with Crippen LogP contribution in [-0.2, 0) is 4.74 Å². The van der Waals surface area contributed by atoms with Crippen LogP contribution < -0.4 is 0 Å². The Bertz CT molecular complexity index is 52.9. The molecule has 0 saturated carbocycles. The van der Waals surface area contributed by atoms with E-state index in [4.69, 9.17) is 16.3 Å². The third-order valence-electron chi connectivity index (χ3n) is 1.59. The summed E-state index contributed by atoms with van der Waals surface area (Å²) >= 11 is 5.34. The van der Waals surface area contributed by atoms with E-state index in [1.54, 1.807) is 0 Å². The van der Waals surface area contributed by atoms with Gasteiger partial charge in [-0.25, -0.2) is 0 Å². The highest BCUT2D eigenvalue weighted by Gasteiger charge is 2.00. The number of hydrogen-bond acceptors (Lipinski definition) is 1. The molecule has 0 aromatic heterocycles. The SMILES string of the molecule is CCC(CC)COCCl. The maximum absolute atomic E-state index is 5.34. The van der Waals surface area contributed by atoms with Crippen molar-refractivity contribution >= 4 is 11.6 Å². The average Bonchev–Trinajstić information content (AvgIpc) is 1.91. The van der Waals surface area contributed by atoms with Crippen molar-refractivity contribution in [1.29, 1.82) is 0 Å². The lowest BCUT2D eigenvalue weighted by atomic mass is 10.1. The Morgan fingerprint density at radius 2 is 1.89 bits per heavy atom. The molecule has 9 heavy (non-hydrogen) atoms. The topological polar surface area (TPSA) is 9.23 Å². The molecule has 0 heterocycles. The van der Waals surface area contributed by atoms with Gasteiger partial charge < -0.3 is 4.74 Å². The summed E-state index contributed by atoms with van der Waals surface area (Å²) in [5.74, 6) is 0.698. The molecule has 2 heteroatoms. The molecule has 0 radical (unpaired) electrons. The van der Waals surface area contributed by atoms with Crippen molar-refractivity contribution in [1.82, 2.24) is 0 Å². The first-order chi connectivity index (χ1) is 4.35. The van der Waals surface area contributed by atoms with E-state index in [2.05, 4.69) is 13.8 Å². The summed E-state index contributed by atoms with van der Waals surface area (Å²) in [5, 5.41) is 0. The monoisotopic (exact) mass is 150 g/mol. The summed E-state index contributed by atoms with van der Waals surface area (Å²) in [6.07, 6.45) is 2.38. The summed E-state index contributed by atoms with van der Waals surface area (Å²) in [6, 6.07) is 0.330. The minimum Gasteiger partial charge on any atom is -0.365 e. The zero-order valence-corrected chi connectivity index (χ0v) is 6.95. The first-order valence-corrected chi connectivity index (χ1v) is 4.02. The van der Waals surface area contributed by atoms with Gasteiger partial charge in [0.15, 0.2) is 0 Å². The summed E-state index contributed by atoms with van der Waals surface area (Å²) in [6.45, 7) is 5.16. The van der Waals surface area contributed by atoms with Crippen LogP contribution >= 0.6 is 11.6 Å². The maximum atomic E-state index is 5.34. The molecule has 0 aromatic carbocycles. The quantitative estimate of drug-likeness (QED) is 0.548. The first kappa shape index (κ1) is 9.25. The molecule has 0 bridgehead atoms. The van der Waals surface area contributed by atoms with Crippen LogP contribution in [0.15, 0.2) is 0 Å². The number of halogens is 1. The van der Waals surface area contributed by atoms with Crippen LogP contribution in [0.3, 0.4) is 0 Å². The van der Waals surface area contributed by atoms with Gasteiger partial charge >= 0.3 is 0 Å². The van der Waals surface area contributed by atoms with Gasteiger partial charge in [-0.2, -0.15) is 0 Å². The van der Waals surface area contributed by atoms with Gasteiger partial charge in [-0.05, 0) is 5.92 Å². The van der Waals surface area contributed by atoms with Crippen molar-refractivity contribution in [3.05, 3.63) is 0 Å². The Morgan fingerprint density at radius 1 is 1.33 bits per heavy atom. The summed E-state index contributed by atoms with van der Waals surface area (Å²) in [4.78, 5) is 0. The Kier molecular flexibility index (Phi) is 6.55. The fraction of sp³-hybridized carbons (Fsp3) is 1.00. The van der Waals surface area contributed by atoms with E-state index < -0.39 is 0 Å². The second-order valence-electron chi connectivity index (χ2n) is 2.16. The average molecular weight is 151 g/mol. The first-order valence-electron chi connectivity index (χ1n) is 3.48. The van der Waals surface area contributed by atoms with Crippen molar-refractivity contribution in [2.45, 2.75) is 26.7 Å². The summed E-state index contributed by atoms with van der Waals surface area (Å²) in [7, 11) is 0. The molecule has 0 unspecified atom stereocenters. The third kappa shape index (κ3) is 4.73. The molecular weight excluding hydrogens is 136 g/mol. The maximum Gasteiger partial charge on any atom is 0.120 e. The van der Waals surface area contributed by atoms with E-state index in [-0.39, 0.29) is 0 Å². The second kappa shape index (κ2) is 6.37. The third-order valence-corrected chi connectivity index (χ3v) is 1.74. The van der Waals surface area contributed by atoms with Crippen molar-refractivity contribution in [3.63, 3.8) is 0 Å². The molecule has 56 valence electrons. The van der Waals surface area contributed by atoms with Crippen LogP contribution in [0, 0.1) is 5.92 Å². The molecule has 1 nitrogen and oxygen atoms in total. The summed E-state index contributed by atoms with van der Waals surface area (Å²) < 4.78 is 5.04. The fourth-order valence-corrected chi connectivity index (χ4v) is 0.825. The van der Waals surface area contributed by atoms with E-state index in [0.717, 1.165) is 6.61 Å². The van der Waals surface area contributed by atoms with E-state index in [1.165, 1.54) is 12.8 Å². The van der Waals surface area contributed by atoms with Crippen molar-refractivity contribution < 1.29 is 4.74 Å².